The van der Waals surface area contributed by atoms with Crippen molar-refractivity contribution in [3.05, 3.63) is 71.8 Å². The minimum atomic E-state index is -0.173. The molecule has 3 aromatic rings. The Balaban J connectivity index is 2.02. The molecular weight excluding hydrogens is 274 g/mol. The smallest absolute Gasteiger partial charge is 0.196 e. The van der Waals surface area contributed by atoms with Crippen LogP contribution < -0.4 is 4.90 Å². The largest absolute Gasteiger partial charge is 0.507 e. The Bertz CT molecular complexity index is 836. The van der Waals surface area contributed by atoms with Crippen LogP contribution in [0.5, 0.6) is 5.75 Å². The van der Waals surface area contributed by atoms with Crippen LogP contribution in [0.15, 0.2) is 60.7 Å². The number of carbonyl (C=O) groups excluding carboxylic acids is 1. The van der Waals surface area contributed by atoms with Crippen LogP contribution in [0.3, 0.4) is 0 Å². The van der Waals surface area contributed by atoms with E-state index in [0.29, 0.717) is 11.1 Å². The molecule has 0 amide bonds. The van der Waals surface area contributed by atoms with Gasteiger partial charge in [0.15, 0.2) is 5.78 Å². The first kappa shape index (κ1) is 14.1. The van der Waals surface area contributed by atoms with Gasteiger partial charge < -0.3 is 10.0 Å². The highest BCUT2D eigenvalue weighted by molar-refractivity contribution is 6.12. The molecule has 3 nitrogen and oxygen atoms in total. The molecule has 0 saturated carbocycles. The van der Waals surface area contributed by atoms with Crippen LogP contribution in [-0.4, -0.2) is 25.0 Å². The van der Waals surface area contributed by atoms with Crippen molar-refractivity contribution in [3.8, 4) is 5.75 Å². The molecular formula is C19H17NO2. The van der Waals surface area contributed by atoms with Crippen molar-refractivity contribution >= 4 is 22.2 Å². The Morgan fingerprint density at radius 2 is 1.50 bits per heavy atom. The monoisotopic (exact) mass is 291 g/mol. The molecule has 0 aromatic heterocycles. The van der Waals surface area contributed by atoms with Gasteiger partial charge in [0.2, 0.25) is 0 Å². The number of hydrogen-bond donors (Lipinski definition) is 1. The summed E-state index contributed by atoms with van der Waals surface area (Å²) in [7, 11) is 3.90. The molecule has 3 rings (SSSR count). The van der Waals surface area contributed by atoms with E-state index in [-0.39, 0.29) is 11.5 Å². The highest BCUT2D eigenvalue weighted by atomic mass is 16.3. The number of fused-ring (bicyclic) bond motifs is 1. The van der Waals surface area contributed by atoms with Gasteiger partial charge in [0.25, 0.3) is 0 Å². The Morgan fingerprint density at radius 1 is 0.909 bits per heavy atom. The van der Waals surface area contributed by atoms with Gasteiger partial charge in [0.05, 0.1) is 5.56 Å². The first-order valence-corrected chi connectivity index (χ1v) is 7.10. The summed E-state index contributed by atoms with van der Waals surface area (Å²) in [5, 5.41) is 12.0. The van der Waals surface area contributed by atoms with E-state index in [0.717, 1.165) is 16.5 Å². The molecule has 1 N–H and O–H groups in total. The minimum absolute atomic E-state index is 0.0142. The number of carbonyl (C=O) groups is 1. The maximum atomic E-state index is 12.6. The average Bonchev–Trinajstić information content (AvgIpc) is 2.53. The summed E-state index contributed by atoms with van der Waals surface area (Å²) < 4.78 is 0. The first-order chi connectivity index (χ1) is 10.6. The normalized spacial score (nSPS) is 10.6. The lowest BCUT2D eigenvalue weighted by Gasteiger charge is -2.12. The zero-order valence-corrected chi connectivity index (χ0v) is 12.6. The van der Waals surface area contributed by atoms with Crippen LogP contribution >= 0.6 is 0 Å². The maximum absolute atomic E-state index is 12.6. The number of rotatable bonds is 3. The molecule has 0 atom stereocenters. The van der Waals surface area contributed by atoms with E-state index in [1.54, 1.807) is 24.3 Å². The Kier molecular flexibility index (Phi) is 3.55. The van der Waals surface area contributed by atoms with Gasteiger partial charge in [0, 0.05) is 25.3 Å². The van der Waals surface area contributed by atoms with E-state index in [4.69, 9.17) is 0 Å². The number of ketones is 1. The highest BCUT2D eigenvalue weighted by Crippen LogP contribution is 2.27. The number of anilines is 1. The first-order valence-electron chi connectivity index (χ1n) is 7.10. The van der Waals surface area contributed by atoms with Gasteiger partial charge >= 0.3 is 0 Å². The molecule has 22 heavy (non-hydrogen) atoms. The Hall–Kier alpha value is -2.81. The van der Waals surface area contributed by atoms with E-state index in [1.165, 1.54) is 0 Å². The third kappa shape index (κ3) is 2.53. The van der Waals surface area contributed by atoms with Crippen LogP contribution in [0.1, 0.15) is 15.9 Å². The standard InChI is InChI=1S/C19H17NO2/c1-20(2)16-9-7-13(8-10-16)19(22)17-11-14-5-3-4-6-15(14)12-18(17)21/h3-12,21H,1-2H3. The van der Waals surface area contributed by atoms with Crippen molar-refractivity contribution in [1.29, 1.82) is 0 Å². The fraction of sp³-hybridized carbons (Fsp3) is 0.105. The van der Waals surface area contributed by atoms with Gasteiger partial charge in [-0.2, -0.15) is 0 Å². The lowest BCUT2D eigenvalue weighted by Crippen LogP contribution is -2.09. The van der Waals surface area contributed by atoms with Crippen LogP contribution in [0.4, 0.5) is 5.69 Å². The van der Waals surface area contributed by atoms with Crippen molar-refractivity contribution in [2.24, 2.45) is 0 Å². The molecule has 0 unspecified atom stereocenters. The summed E-state index contributed by atoms with van der Waals surface area (Å²) in [6.45, 7) is 0. The SMILES string of the molecule is CN(C)c1ccc(C(=O)c2cc3ccccc3cc2O)cc1. The number of hydrogen-bond acceptors (Lipinski definition) is 3. The molecule has 110 valence electrons. The molecule has 0 bridgehead atoms. The van der Waals surface area contributed by atoms with Crippen molar-refractivity contribution in [1.82, 2.24) is 0 Å². The second-order valence-corrected chi connectivity index (χ2v) is 5.49. The van der Waals surface area contributed by atoms with E-state index in [1.807, 2.05) is 55.4 Å². The second kappa shape index (κ2) is 5.53. The van der Waals surface area contributed by atoms with Crippen molar-refractivity contribution < 1.29 is 9.90 Å². The molecule has 0 saturated heterocycles. The van der Waals surface area contributed by atoms with Gasteiger partial charge in [-0.1, -0.05) is 24.3 Å². The number of nitrogens with zero attached hydrogens (tertiary/aromatic N) is 1. The predicted octanol–water partition coefficient (Wildman–Crippen LogP) is 3.84. The molecule has 0 heterocycles. The summed E-state index contributed by atoms with van der Waals surface area (Å²) in [6, 6.07) is 18.4. The molecule has 0 fully saturated rings. The molecule has 0 aliphatic heterocycles. The molecule has 3 heteroatoms. The number of benzene rings is 3. The molecule has 3 aromatic carbocycles. The number of phenolic OH excluding ortho intramolecular Hbond substituents is 1. The van der Waals surface area contributed by atoms with E-state index >= 15 is 0 Å². The van der Waals surface area contributed by atoms with E-state index in [2.05, 4.69) is 0 Å². The summed E-state index contributed by atoms with van der Waals surface area (Å²) in [4.78, 5) is 14.6. The molecule has 0 radical (unpaired) electrons. The van der Waals surface area contributed by atoms with Gasteiger partial charge in [-0.3, -0.25) is 4.79 Å². The van der Waals surface area contributed by atoms with Gasteiger partial charge in [-0.05, 0) is 47.2 Å². The van der Waals surface area contributed by atoms with E-state index in [9.17, 15) is 9.90 Å². The highest BCUT2D eigenvalue weighted by Gasteiger charge is 2.14. The van der Waals surface area contributed by atoms with Crippen LogP contribution in [0, 0.1) is 0 Å². The van der Waals surface area contributed by atoms with Gasteiger partial charge in [-0.15, -0.1) is 0 Å². The predicted molar refractivity (Wildman–Crippen MR) is 89.8 cm³/mol. The zero-order chi connectivity index (χ0) is 15.7. The zero-order valence-electron chi connectivity index (χ0n) is 12.6. The molecule has 0 aliphatic rings. The van der Waals surface area contributed by atoms with Crippen molar-refractivity contribution in [3.63, 3.8) is 0 Å². The topological polar surface area (TPSA) is 40.5 Å². The van der Waals surface area contributed by atoms with Gasteiger partial charge in [-0.25, -0.2) is 0 Å². The Morgan fingerprint density at radius 3 is 2.09 bits per heavy atom. The lowest BCUT2D eigenvalue weighted by molar-refractivity contribution is 0.103. The molecule has 0 spiro atoms. The van der Waals surface area contributed by atoms with Crippen molar-refractivity contribution in [2.45, 2.75) is 0 Å². The summed E-state index contributed by atoms with van der Waals surface area (Å²) >= 11 is 0. The average molecular weight is 291 g/mol. The lowest BCUT2D eigenvalue weighted by atomic mass is 9.98. The second-order valence-electron chi connectivity index (χ2n) is 5.49. The summed E-state index contributed by atoms with van der Waals surface area (Å²) in [5.74, 6) is -0.158. The maximum Gasteiger partial charge on any atom is 0.196 e. The fourth-order valence-electron chi connectivity index (χ4n) is 2.48. The minimum Gasteiger partial charge on any atom is -0.507 e. The van der Waals surface area contributed by atoms with Crippen LogP contribution in [0.2, 0.25) is 0 Å². The quantitative estimate of drug-likeness (QED) is 0.745. The van der Waals surface area contributed by atoms with Crippen molar-refractivity contribution in [2.75, 3.05) is 19.0 Å². The third-order valence-electron chi connectivity index (χ3n) is 3.75. The number of aromatic hydroxyl groups is 1. The van der Waals surface area contributed by atoms with Crippen LogP contribution in [0.25, 0.3) is 10.8 Å². The fourth-order valence-corrected chi connectivity index (χ4v) is 2.48. The number of phenols is 1. The summed E-state index contributed by atoms with van der Waals surface area (Å²) in [5.41, 5.74) is 1.92. The Labute approximate surface area is 129 Å². The van der Waals surface area contributed by atoms with Crippen LogP contribution in [-0.2, 0) is 0 Å². The van der Waals surface area contributed by atoms with E-state index < -0.39 is 0 Å². The third-order valence-corrected chi connectivity index (χ3v) is 3.75. The molecule has 0 aliphatic carbocycles. The van der Waals surface area contributed by atoms with Gasteiger partial charge in [0.1, 0.15) is 5.75 Å². The summed E-state index contributed by atoms with van der Waals surface area (Å²) in [6.07, 6.45) is 0.